The highest BCUT2D eigenvalue weighted by molar-refractivity contribution is 6.24. The number of nitrogens with zero attached hydrogens (tertiary/aromatic N) is 2. The van der Waals surface area contributed by atoms with Gasteiger partial charge in [0, 0.05) is 29.2 Å². The van der Waals surface area contributed by atoms with Gasteiger partial charge in [0.25, 0.3) is 5.91 Å². The number of nitrogens with two attached hydrogens (primary N) is 1. The SMILES string of the molecule is CN(C)[C@H]1C(=O)C(C(N)=O)=C(O)[C@]2(O)C(=O)C3=C(O)c4c(O)c(CN5CCCCC5)cc(-c5ccoc5)c4C[C@@H]3C[C@H]12. The summed E-state index contributed by atoms with van der Waals surface area (Å²) in [5.74, 6) is -6.58. The van der Waals surface area contributed by atoms with Crippen LogP contribution in [0.3, 0.4) is 0 Å². The Balaban J connectivity index is 1.55. The van der Waals surface area contributed by atoms with E-state index in [0.29, 0.717) is 17.7 Å². The number of rotatable bonds is 5. The van der Waals surface area contributed by atoms with E-state index >= 15 is 0 Å². The van der Waals surface area contributed by atoms with Gasteiger partial charge in [0.15, 0.2) is 11.4 Å². The van der Waals surface area contributed by atoms with Gasteiger partial charge in [0.1, 0.15) is 22.8 Å². The minimum absolute atomic E-state index is 0.0346. The molecule has 0 radical (unpaired) electrons. The van der Waals surface area contributed by atoms with Gasteiger partial charge in [-0.15, -0.1) is 0 Å². The number of likely N-dealkylation sites (N-methyl/N-ethyl adjacent to an activating group) is 1. The third kappa shape index (κ3) is 4.02. The minimum Gasteiger partial charge on any atom is -0.508 e. The molecule has 6 rings (SSSR count). The number of ketones is 2. The smallest absolute Gasteiger partial charge is 0.255 e. The molecule has 0 bridgehead atoms. The Hall–Kier alpha value is -3.93. The molecule has 2 aromatic rings. The first-order valence-electron chi connectivity index (χ1n) is 14.2. The fourth-order valence-electron chi connectivity index (χ4n) is 7.52. The van der Waals surface area contributed by atoms with E-state index < -0.39 is 58.0 Å². The molecule has 3 aliphatic carbocycles. The average molecular weight is 578 g/mol. The van der Waals surface area contributed by atoms with E-state index in [1.165, 1.54) is 11.2 Å². The Kier molecular flexibility index (Phi) is 6.79. The number of hydrogen-bond donors (Lipinski definition) is 5. The average Bonchev–Trinajstić information content (AvgIpc) is 3.47. The molecule has 11 heteroatoms. The maximum atomic E-state index is 14.2. The standard InChI is InChI=1S/C31H35N3O8/c1-33(2)24-20-12-16-10-19-18(15-6-9-42-14-15)11-17(13-34-7-4-3-5-8-34)25(35)22(19)26(36)21(16)28(38)31(20,41)29(39)23(27(24)37)30(32)40/h6,9,11,14,16,20,24,35-36,39,41H,3-5,7-8,10,12-13H2,1-2H3,(H2,32,40)/t16-,20-,24-,31-/m1/s1. The summed E-state index contributed by atoms with van der Waals surface area (Å²) < 4.78 is 5.36. The first-order valence-corrected chi connectivity index (χ1v) is 14.2. The van der Waals surface area contributed by atoms with Gasteiger partial charge in [-0.25, -0.2) is 0 Å². The van der Waals surface area contributed by atoms with Gasteiger partial charge in [-0.05, 0) is 82.0 Å². The Bertz CT molecular complexity index is 1550. The van der Waals surface area contributed by atoms with Crippen LogP contribution in [0.5, 0.6) is 5.75 Å². The summed E-state index contributed by atoms with van der Waals surface area (Å²) >= 11 is 0. The van der Waals surface area contributed by atoms with E-state index in [0.717, 1.165) is 43.5 Å². The molecule has 1 aromatic heterocycles. The lowest BCUT2D eigenvalue weighted by Gasteiger charge is -2.50. The van der Waals surface area contributed by atoms with Crippen LogP contribution in [0.2, 0.25) is 0 Å². The zero-order valence-electron chi connectivity index (χ0n) is 23.6. The van der Waals surface area contributed by atoms with E-state index in [-0.39, 0.29) is 29.7 Å². The molecule has 1 saturated heterocycles. The molecule has 42 heavy (non-hydrogen) atoms. The number of phenols is 1. The molecule has 0 spiro atoms. The first kappa shape index (κ1) is 28.2. The van der Waals surface area contributed by atoms with Crippen molar-refractivity contribution >= 4 is 23.2 Å². The highest BCUT2D eigenvalue weighted by Gasteiger charge is 2.64. The molecule has 2 fully saturated rings. The Morgan fingerprint density at radius 2 is 1.88 bits per heavy atom. The number of piperidine rings is 1. The largest absolute Gasteiger partial charge is 0.508 e. The van der Waals surface area contributed by atoms with Crippen molar-refractivity contribution in [2.24, 2.45) is 17.6 Å². The fraction of sp³-hybridized carbons (Fsp3) is 0.452. The van der Waals surface area contributed by atoms with Crippen LogP contribution < -0.4 is 5.73 Å². The second-order valence-corrected chi connectivity index (χ2v) is 12.1. The number of furan rings is 1. The van der Waals surface area contributed by atoms with E-state index in [1.54, 1.807) is 26.4 Å². The van der Waals surface area contributed by atoms with Gasteiger partial charge in [-0.3, -0.25) is 24.2 Å². The molecule has 1 amide bonds. The van der Waals surface area contributed by atoms with E-state index in [4.69, 9.17) is 10.2 Å². The molecule has 222 valence electrons. The number of benzene rings is 1. The van der Waals surface area contributed by atoms with Crippen LogP contribution in [0, 0.1) is 11.8 Å². The maximum Gasteiger partial charge on any atom is 0.255 e. The van der Waals surface area contributed by atoms with Gasteiger partial charge in [0.05, 0.1) is 24.1 Å². The lowest BCUT2D eigenvalue weighted by molar-refractivity contribution is -0.153. The Morgan fingerprint density at radius 1 is 1.17 bits per heavy atom. The van der Waals surface area contributed by atoms with Crippen LogP contribution in [0.1, 0.15) is 42.4 Å². The molecule has 2 heterocycles. The van der Waals surface area contributed by atoms with Gasteiger partial charge in [-0.2, -0.15) is 0 Å². The van der Waals surface area contributed by atoms with Gasteiger partial charge in [-0.1, -0.05) is 6.42 Å². The van der Waals surface area contributed by atoms with Crippen LogP contribution in [-0.4, -0.2) is 86.5 Å². The van der Waals surface area contributed by atoms with Crippen molar-refractivity contribution in [2.45, 2.75) is 50.3 Å². The number of hydrogen-bond acceptors (Lipinski definition) is 10. The summed E-state index contributed by atoms with van der Waals surface area (Å²) in [4.78, 5) is 43.4. The molecular formula is C31H35N3O8. The van der Waals surface area contributed by atoms with Crippen LogP contribution in [0.4, 0.5) is 0 Å². The minimum atomic E-state index is -2.67. The predicted octanol–water partition coefficient (Wildman–Crippen LogP) is 2.21. The third-order valence-electron chi connectivity index (χ3n) is 9.47. The van der Waals surface area contributed by atoms with Crippen LogP contribution in [-0.2, 0) is 27.3 Å². The number of phenolic OH excluding ortho intramolecular Hbond substituents is 1. The second kappa shape index (κ2) is 10.1. The van der Waals surface area contributed by atoms with Gasteiger partial charge >= 0.3 is 0 Å². The quantitative estimate of drug-likeness (QED) is 0.331. The molecule has 4 atom stereocenters. The highest BCUT2D eigenvalue weighted by Crippen LogP contribution is 2.54. The summed E-state index contributed by atoms with van der Waals surface area (Å²) in [7, 11) is 3.15. The number of aromatic hydroxyl groups is 1. The lowest BCUT2D eigenvalue weighted by atomic mass is 9.57. The number of aliphatic hydroxyl groups excluding tert-OH is 2. The fourth-order valence-corrected chi connectivity index (χ4v) is 7.52. The molecule has 1 saturated carbocycles. The number of amides is 1. The van der Waals surface area contributed by atoms with E-state index in [9.17, 15) is 34.8 Å². The molecule has 4 aliphatic rings. The first-order chi connectivity index (χ1) is 20.0. The summed E-state index contributed by atoms with van der Waals surface area (Å²) in [5, 5.41) is 46.2. The Labute approximate surface area is 242 Å². The summed E-state index contributed by atoms with van der Waals surface area (Å²) in [6.45, 7) is 2.19. The number of carbonyl (C=O) groups is 3. The van der Waals surface area contributed by atoms with Crippen molar-refractivity contribution in [3.05, 3.63) is 58.3 Å². The molecule has 1 aromatic carbocycles. The van der Waals surface area contributed by atoms with Crippen molar-refractivity contribution in [3.8, 4) is 16.9 Å². The second-order valence-electron chi connectivity index (χ2n) is 12.1. The molecule has 11 nitrogen and oxygen atoms in total. The monoisotopic (exact) mass is 577 g/mol. The molecule has 0 unspecified atom stereocenters. The zero-order chi connectivity index (χ0) is 30.1. The van der Waals surface area contributed by atoms with Crippen molar-refractivity contribution < 1.29 is 39.2 Å². The number of likely N-dealkylation sites (tertiary alicyclic amines) is 1. The van der Waals surface area contributed by atoms with Gasteiger partial charge in [0.2, 0.25) is 5.78 Å². The summed E-state index contributed by atoms with van der Waals surface area (Å²) in [5.41, 5.74) is 4.52. The number of primary amides is 1. The molecule has 6 N–H and O–H groups in total. The van der Waals surface area contributed by atoms with Gasteiger partial charge < -0.3 is 30.6 Å². The molecule has 1 aliphatic heterocycles. The molecular weight excluding hydrogens is 542 g/mol. The maximum absolute atomic E-state index is 14.2. The number of fused-ring (bicyclic) bond motifs is 3. The van der Waals surface area contributed by atoms with Crippen molar-refractivity contribution in [3.63, 3.8) is 0 Å². The topological polar surface area (TPSA) is 178 Å². The summed E-state index contributed by atoms with van der Waals surface area (Å²) in [6.07, 6.45) is 6.60. The van der Waals surface area contributed by atoms with Crippen LogP contribution in [0.15, 0.2) is 46.0 Å². The van der Waals surface area contributed by atoms with E-state index in [2.05, 4.69) is 4.90 Å². The van der Waals surface area contributed by atoms with E-state index in [1.807, 2.05) is 6.07 Å². The Morgan fingerprint density at radius 3 is 2.50 bits per heavy atom. The number of aliphatic hydroxyl groups is 3. The number of carbonyl (C=O) groups excluding carboxylic acids is 3. The normalized spacial score (nSPS) is 28.1. The zero-order valence-corrected chi connectivity index (χ0v) is 23.6. The lowest BCUT2D eigenvalue weighted by Crippen LogP contribution is -2.65. The predicted molar refractivity (Wildman–Crippen MR) is 151 cm³/mol. The van der Waals surface area contributed by atoms with Crippen molar-refractivity contribution in [1.82, 2.24) is 9.80 Å². The van der Waals surface area contributed by atoms with Crippen molar-refractivity contribution in [2.75, 3.05) is 27.2 Å². The van der Waals surface area contributed by atoms with Crippen molar-refractivity contribution in [1.29, 1.82) is 0 Å². The van der Waals surface area contributed by atoms with Crippen LogP contribution >= 0.6 is 0 Å². The van der Waals surface area contributed by atoms with Crippen LogP contribution in [0.25, 0.3) is 16.9 Å². The number of Topliss-reactive ketones (excluding diaryl/α,β-unsaturated/α-hetero) is 2. The third-order valence-corrected chi connectivity index (χ3v) is 9.47. The summed E-state index contributed by atoms with van der Waals surface area (Å²) in [6, 6.07) is 2.55. The highest BCUT2D eigenvalue weighted by atomic mass is 16.3.